The number of anilines is 1. The van der Waals surface area contributed by atoms with Crippen molar-refractivity contribution >= 4 is 17.6 Å². The van der Waals surface area contributed by atoms with E-state index < -0.39 is 22.9 Å². The number of rotatable bonds is 3. The molecule has 5 rings (SSSR count). The van der Waals surface area contributed by atoms with Gasteiger partial charge in [0.15, 0.2) is 0 Å². The number of ether oxygens (including phenoxy) is 2. The summed E-state index contributed by atoms with van der Waals surface area (Å²) in [6.07, 6.45) is 1.51. The molecule has 0 fully saturated rings. The smallest absolute Gasteiger partial charge is 0.340 e. The lowest BCUT2D eigenvalue weighted by Crippen LogP contribution is -2.50. The number of nitrogens with zero attached hydrogens (tertiary/aromatic N) is 1. The van der Waals surface area contributed by atoms with Crippen molar-refractivity contribution in [2.45, 2.75) is 18.9 Å². The van der Waals surface area contributed by atoms with Crippen LogP contribution in [-0.4, -0.2) is 23.6 Å². The highest BCUT2D eigenvalue weighted by Gasteiger charge is 2.60. The maximum atomic E-state index is 13.9. The molecule has 0 saturated carbocycles. The Hall–Kier alpha value is -4.27. The molecule has 2 aliphatic rings. The largest absolute Gasteiger partial charge is 0.467 e. The Kier molecular flexibility index (Phi) is 4.23. The summed E-state index contributed by atoms with van der Waals surface area (Å²) in [6.45, 7) is 1.87. The number of hydrogen-bond acceptors (Lipinski definition) is 7. The lowest BCUT2D eigenvalue weighted by molar-refractivity contribution is -0.138. The molecule has 162 valence electrons. The van der Waals surface area contributed by atoms with Gasteiger partial charge >= 0.3 is 5.97 Å². The second-order valence-corrected chi connectivity index (χ2v) is 7.58. The zero-order valence-electron chi connectivity index (χ0n) is 17.3. The van der Waals surface area contributed by atoms with Crippen LogP contribution in [0.1, 0.15) is 22.6 Å². The van der Waals surface area contributed by atoms with Gasteiger partial charge in [0.25, 0.3) is 5.56 Å². The van der Waals surface area contributed by atoms with E-state index in [1.807, 2.05) is 0 Å². The van der Waals surface area contributed by atoms with Gasteiger partial charge in [-0.15, -0.1) is 0 Å². The van der Waals surface area contributed by atoms with Crippen molar-refractivity contribution in [3.63, 3.8) is 0 Å². The summed E-state index contributed by atoms with van der Waals surface area (Å²) in [5, 5.41) is 2.78. The van der Waals surface area contributed by atoms with E-state index in [1.54, 1.807) is 49.4 Å². The van der Waals surface area contributed by atoms with Gasteiger partial charge in [0, 0.05) is 23.0 Å². The third-order valence-corrected chi connectivity index (χ3v) is 5.89. The first-order valence-corrected chi connectivity index (χ1v) is 9.84. The van der Waals surface area contributed by atoms with Crippen molar-refractivity contribution in [2.75, 3.05) is 12.4 Å². The quantitative estimate of drug-likeness (QED) is 0.603. The Morgan fingerprint density at radius 1 is 1.22 bits per heavy atom. The molecular formula is C23H19N3O6. The van der Waals surface area contributed by atoms with Gasteiger partial charge in [-0.25, -0.2) is 4.79 Å². The Balaban J connectivity index is 1.88. The number of hydrogen-bond donors (Lipinski definition) is 2. The fourth-order valence-corrected chi connectivity index (χ4v) is 4.51. The number of nitrogens with one attached hydrogen (secondary N) is 1. The second kappa shape index (κ2) is 6.88. The van der Waals surface area contributed by atoms with Crippen LogP contribution in [0.5, 0.6) is 5.75 Å². The van der Waals surface area contributed by atoms with Gasteiger partial charge in [0.2, 0.25) is 11.8 Å². The van der Waals surface area contributed by atoms with Gasteiger partial charge < -0.3 is 29.5 Å². The maximum Gasteiger partial charge on any atom is 0.340 e. The van der Waals surface area contributed by atoms with E-state index in [-0.39, 0.29) is 29.3 Å². The van der Waals surface area contributed by atoms with Crippen LogP contribution >= 0.6 is 0 Å². The number of nitrogens with two attached hydrogens (primary N) is 1. The fraction of sp³-hybridized carbons (Fsp3) is 0.174. The third-order valence-electron chi connectivity index (χ3n) is 5.89. The minimum atomic E-state index is -1.82. The molecule has 1 spiro atoms. The number of pyridine rings is 1. The van der Waals surface area contributed by atoms with E-state index in [0.29, 0.717) is 22.7 Å². The van der Waals surface area contributed by atoms with Crippen LogP contribution < -0.4 is 21.3 Å². The predicted molar refractivity (Wildman–Crippen MR) is 113 cm³/mol. The molecule has 1 aromatic carbocycles. The zero-order chi connectivity index (χ0) is 22.6. The normalized spacial score (nSPS) is 18.8. The van der Waals surface area contributed by atoms with Crippen molar-refractivity contribution in [1.29, 1.82) is 0 Å². The van der Waals surface area contributed by atoms with Gasteiger partial charge in [-0.3, -0.25) is 9.59 Å². The van der Waals surface area contributed by atoms with Crippen LogP contribution in [0.4, 0.5) is 5.69 Å². The minimum Gasteiger partial charge on any atom is -0.467 e. The first-order chi connectivity index (χ1) is 15.4. The summed E-state index contributed by atoms with van der Waals surface area (Å²) in [7, 11) is 1.18. The summed E-state index contributed by atoms with van der Waals surface area (Å²) in [4.78, 5) is 40.3. The van der Waals surface area contributed by atoms with Crippen molar-refractivity contribution < 1.29 is 23.5 Å². The third kappa shape index (κ3) is 2.48. The number of para-hydroxylation sites is 1. The first-order valence-electron chi connectivity index (χ1n) is 9.84. The average Bonchev–Trinajstić information content (AvgIpc) is 3.37. The Bertz CT molecular complexity index is 1370. The molecule has 2 aromatic heterocycles. The molecule has 0 unspecified atom stereocenters. The van der Waals surface area contributed by atoms with Gasteiger partial charge in [0.1, 0.15) is 22.5 Å². The van der Waals surface area contributed by atoms with Crippen LogP contribution in [0.3, 0.4) is 0 Å². The van der Waals surface area contributed by atoms with Crippen LogP contribution in [0.15, 0.2) is 69.4 Å². The fourth-order valence-electron chi connectivity index (χ4n) is 4.51. The number of furan rings is 1. The van der Waals surface area contributed by atoms with Gasteiger partial charge in [-0.2, -0.15) is 0 Å². The molecule has 3 aromatic rings. The number of methoxy groups -OCH3 is 1. The highest BCUT2D eigenvalue weighted by Crippen LogP contribution is 2.52. The first kappa shape index (κ1) is 19.7. The monoisotopic (exact) mass is 433 g/mol. The minimum absolute atomic E-state index is 0.00768. The Morgan fingerprint density at radius 2 is 2.00 bits per heavy atom. The number of aromatic nitrogens is 1. The number of carbonyl (C=O) groups excluding carboxylic acids is 2. The Labute approximate surface area is 182 Å². The number of esters is 1. The van der Waals surface area contributed by atoms with Crippen molar-refractivity contribution in [1.82, 2.24) is 4.57 Å². The number of carbonyl (C=O) groups is 2. The summed E-state index contributed by atoms with van der Waals surface area (Å²) in [5.41, 5.74) is 5.04. The highest BCUT2D eigenvalue weighted by molar-refractivity contribution is 6.17. The summed E-state index contributed by atoms with van der Waals surface area (Å²) in [5.74, 6) is -1.07. The van der Waals surface area contributed by atoms with Crippen LogP contribution in [-0.2, 0) is 26.3 Å². The molecule has 0 saturated heterocycles. The number of fused-ring (bicyclic) bond motifs is 4. The van der Waals surface area contributed by atoms with E-state index in [4.69, 9.17) is 19.6 Å². The zero-order valence-corrected chi connectivity index (χ0v) is 17.3. The number of benzene rings is 1. The lowest BCUT2D eigenvalue weighted by atomic mass is 9.68. The summed E-state index contributed by atoms with van der Waals surface area (Å²) >= 11 is 0. The molecule has 32 heavy (non-hydrogen) atoms. The average molecular weight is 433 g/mol. The molecule has 1 amide bonds. The van der Waals surface area contributed by atoms with Gasteiger partial charge in [-0.05, 0) is 25.1 Å². The molecule has 1 atom stereocenters. The SMILES string of the molecule is COC(=O)C1=C(N)Oc2cc(C)n(Cc3ccco3)c(=O)c2[C@@]12C(=O)Nc1ccccc12. The van der Waals surface area contributed by atoms with Crippen molar-refractivity contribution in [3.8, 4) is 5.75 Å². The van der Waals surface area contributed by atoms with E-state index in [1.165, 1.54) is 17.9 Å². The molecule has 9 heteroatoms. The highest BCUT2D eigenvalue weighted by atomic mass is 16.5. The number of amides is 1. The molecule has 3 N–H and O–H groups in total. The molecular weight excluding hydrogens is 414 g/mol. The molecule has 2 aliphatic heterocycles. The van der Waals surface area contributed by atoms with Crippen molar-refractivity contribution in [2.24, 2.45) is 5.73 Å². The molecule has 0 aliphatic carbocycles. The van der Waals surface area contributed by atoms with E-state index in [2.05, 4.69) is 5.32 Å². The van der Waals surface area contributed by atoms with Crippen molar-refractivity contribution in [3.05, 3.63) is 93.1 Å². The van der Waals surface area contributed by atoms with Gasteiger partial charge in [0.05, 0.1) is 25.5 Å². The van der Waals surface area contributed by atoms with Crippen LogP contribution in [0.2, 0.25) is 0 Å². The molecule has 9 nitrogen and oxygen atoms in total. The van der Waals surface area contributed by atoms with Crippen LogP contribution in [0.25, 0.3) is 0 Å². The van der Waals surface area contributed by atoms with E-state index in [9.17, 15) is 14.4 Å². The molecule has 0 radical (unpaired) electrons. The lowest BCUT2D eigenvalue weighted by Gasteiger charge is -2.35. The van der Waals surface area contributed by atoms with Crippen LogP contribution in [0, 0.1) is 6.92 Å². The molecule has 0 bridgehead atoms. The topological polar surface area (TPSA) is 126 Å². The second-order valence-electron chi connectivity index (χ2n) is 7.58. The Morgan fingerprint density at radius 3 is 2.72 bits per heavy atom. The number of aryl methyl sites for hydroxylation is 1. The van der Waals surface area contributed by atoms with E-state index in [0.717, 1.165) is 0 Å². The maximum absolute atomic E-state index is 13.9. The summed E-state index contributed by atoms with van der Waals surface area (Å²) < 4.78 is 17.5. The van der Waals surface area contributed by atoms with E-state index >= 15 is 0 Å². The van der Waals surface area contributed by atoms with Gasteiger partial charge in [-0.1, -0.05) is 18.2 Å². The molecule has 4 heterocycles. The standard InChI is InChI=1S/C23H19N3O6/c1-12-10-16-17(20(27)26(12)11-13-6-5-9-31-13)23(18(19(24)32-16)21(28)30-2)14-7-3-4-8-15(14)25-22(23)29/h3-10H,11,24H2,1-2H3,(H,25,29)/t23-/m1/s1. The predicted octanol–water partition coefficient (Wildman–Crippen LogP) is 1.77. The summed E-state index contributed by atoms with van der Waals surface area (Å²) in [6, 6.07) is 11.9.